The van der Waals surface area contributed by atoms with E-state index in [1.165, 1.54) is 0 Å². The third kappa shape index (κ3) is 4.08. The fourth-order valence-electron chi connectivity index (χ4n) is 2.83. The molecule has 2 rings (SSSR count). The Labute approximate surface area is 130 Å². The second kappa shape index (κ2) is 7.74. The number of hydrogen-bond acceptors (Lipinski definition) is 6. The number of esters is 2. The van der Waals surface area contributed by atoms with Crippen LogP contribution in [0.3, 0.4) is 0 Å². The molecule has 6 heteroatoms. The molecule has 0 aromatic rings. The number of carbonyl (C=O) groups is 2. The molecule has 1 saturated heterocycles. The molecular formula is C16H24O6. The molecule has 1 heterocycles. The molecule has 0 radical (unpaired) electrons. The number of allylic oxidation sites excluding steroid dienone is 1. The Morgan fingerprint density at radius 1 is 1.18 bits per heavy atom. The minimum absolute atomic E-state index is 0.109. The highest BCUT2D eigenvalue weighted by molar-refractivity contribution is 5.94. The van der Waals surface area contributed by atoms with Gasteiger partial charge in [0.2, 0.25) is 0 Å². The maximum atomic E-state index is 12.0. The highest BCUT2D eigenvalue weighted by Gasteiger charge is 2.39. The van der Waals surface area contributed by atoms with E-state index in [9.17, 15) is 9.59 Å². The van der Waals surface area contributed by atoms with E-state index in [-0.39, 0.29) is 19.1 Å². The van der Waals surface area contributed by atoms with Crippen molar-refractivity contribution in [3.8, 4) is 0 Å². The first-order chi connectivity index (χ1) is 10.6. The maximum absolute atomic E-state index is 12.0. The minimum Gasteiger partial charge on any atom is -0.465 e. The Morgan fingerprint density at radius 2 is 1.77 bits per heavy atom. The third-order valence-corrected chi connectivity index (χ3v) is 3.94. The highest BCUT2D eigenvalue weighted by atomic mass is 16.7. The Morgan fingerprint density at radius 3 is 2.23 bits per heavy atom. The minimum atomic E-state index is -0.867. The fourth-order valence-corrected chi connectivity index (χ4v) is 2.83. The van der Waals surface area contributed by atoms with Crippen LogP contribution in [0.1, 0.15) is 33.1 Å². The number of rotatable bonds is 6. The summed E-state index contributed by atoms with van der Waals surface area (Å²) in [6.45, 7) is 5.14. The summed E-state index contributed by atoms with van der Waals surface area (Å²) < 4.78 is 21.2. The van der Waals surface area contributed by atoms with Gasteiger partial charge in [-0.3, -0.25) is 9.59 Å². The lowest BCUT2D eigenvalue weighted by atomic mass is 9.85. The van der Waals surface area contributed by atoms with Crippen LogP contribution in [0.2, 0.25) is 0 Å². The summed E-state index contributed by atoms with van der Waals surface area (Å²) >= 11 is 0. The van der Waals surface area contributed by atoms with Gasteiger partial charge in [0.15, 0.2) is 11.7 Å². The van der Waals surface area contributed by atoms with Crippen LogP contribution >= 0.6 is 0 Å². The molecular weight excluding hydrogens is 288 g/mol. The summed E-state index contributed by atoms with van der Waals surface area (Å²) in [6, 6.07) is 0. The lowest BCUT2D eigenvalue weighted by Gasteiger charge is -2.30. The first kappa shape index (κ1) is 17.0. The standard InChI is InChI=1S/C16H24O6/c1-3-19-14(17)13(15(18)20-4-2)11-12-5-7-16(8-6-12)21-9-10-22-16/h5,7,12-13H,3-4,6,8-11H2,1-2H3. The molecule has 0 aromatic heterocycles. The van der Waals surface area contributed by atoms with E-state index in [0.717, 1.165) is 12.8 Å². The quantitative estimate of drug-likeness (QED) is 0.423. The van der Waals surface area contributed by atoms with Gasteiger partial charge in [-0.2, -0.15) is 0 Å². The van der Waals surface area contributed by atoms with E-state index in [1.54, 1.807) is 13.8 Å². The number of carbonyl (C=O) groups excluding carboxylic acids is 2. The normalized spacial score (nSPS) is 23.0. The molecule has 1 spiro atoms. The van der Waals surface area contributed by atoms with E-state index in [1.807, 2.05) is 12.2 Å². The van der Waals surface area contributed by atoms with E-state index in [4.69, 9.17) is 18.9 Å². The van der Waals surface area contributed by atoms with E-state index >= 15 is 0 Å². The monoisotopic (exact) mass is 312 g/mol. The van der Waals surface area contributed by atoms with Crippen LogP contribution in [0, 0.1) is 11.8 Å². The van der Waals surface area contributed by atoms with Crippen molar-refractivity contribution >= 4 is 11.9 Å². The van der Waals surface area contributed by atoms with Crippen LogP contribution < -0.4 is 0 Å². The smallest absolute Gasteiger partial charge is 0.320 e. The lowest BCUT2D eigenvalue weighted by Crippen LogP contribution is -2.34. The van der Waals surface area contributed by atoms with Crippen molar-refractivity contribution in [1.29, 1.82) is 0 Å². The molecule has 0 amide bonds. The molecule has 0 aromatic carbocycles. The molecule has 6 nitrogen and oxygen atoms in total. The molecule has 1 aliphatic heterocycles. The van der Waals surface area contributed by atoms with E-state index < -0.39 is 23.6 Å². The van der Waals surface area contributed by atoms with Crippen LogP contribution in [0.25, 0.3) is 0 Å². The van der Waals surface area contributed by atoms with Gasteiger partial charge in [-0.05, 0) is 38.7 Å². The summed E-state index contributed by atoms with van der Waals surface area (Å²) in [6.07, 6.45) is 5.80. The van der Waals surface area contributed by atoms with Crippen LogP contribution in [0.15, 0.2) is 12.2 Å². The van der Waals surface area contributed by atoms with Gasteiger partial charge in [0, 0.05) is 6.42 Å². The van der Waals surface area contributed by atoms with Gasteiger partial charge in [-0.1, -0.05) is 6.08 Å². The molecule has 0 saturated carbocycles. The second-order valence-electron chi connectivity index (χ2n) is 5.46. The van der Waals surface area contributed by atoms with Crippen molar-refractivity contribution in [3.05, 3.63) is 12.2 Å². The summed E-state index contributed by atoms with van der Waals surface area (Å²) in [4.78, 5) is 24.0. The first-order valence-corrected chi connectivity index (χ1v) is 7.90. The van der Waals surface area contributed by atoms with Crippen molar-refractivity contribution in [3.63, 3.8) is 0 Å². The summed E-state index contributed by atoms with van der Waals surface area (Å²) in [7, 11) is 0. The van der Waals surface area contributed by atoms with Crippen molar-refractivity contribution < 1.29 is 28.5 Å². The molecule has 124 valence electrons. The summed E-state index contributed by atoms with van der Waals surface area (Å²) in [5.74, 6) is -2.38. The Balaban J connectivity index is 1.98. The van der Waals surface area contributed by atoms with Crippen molar-refractivity contribution in [2.45, 2.75) is 38.9 Å². The summed E-state index contributed by atoms with van der Waals surface area (Å²) in [5, 5.41) is 0. The molecule has 2 aliphatic rings. The molecule has 1 fully saturated rings. The molecule has 1 atom stereocenters. The molecule has 22 heavy (non-hydrogen) atoms. The zero-order chi connectivity index (χ0) is 16.0. The SMILES string of the molecule is CCOC(=O)C(CC1C=CC2(CC1)OCCO2)C(=O)OCC. The van der Waals surface area contributed by atoms with Gasteiger partial charge in [0.05, 0.1) is 26.4 Å². The van der Waals surface area contributed by atoms with Gasteiger partial charge in [-0.15, -0.1) is 0 Å². The highest BCUT2D eigenvalue weighted by Crippen LogP contribution is 2.35. The molecule has 1 aliphatic carbocycles. The molecule has 0 N–H and O–H groups in total. The van der Waals surface area contributed by atoms with Gasteiger partial charge >= 0.3 is 11.9 Å². The average molecular weight is 312 g/mol. The molecule has 1 unspecified atom stereocenters. The zero-order valence-electron chi connectivity index (χ0n) is 13.2. The lowest BCUT2D eigenvalue weighted by molar-refractivity contribution is -0.162. The largest absolute Gasteiger partial charge is 0.465 e. The maximum Gasteiger partial charge on any atom is 0.320 e. The predicted octanol–water partition coefficient (Wildman–Crippen LogP) is 1.83. The topological polar surface area (TPSA) is 71.1 Å². The average Bonchev–Trinajstić information content (AvgIpc) is 2.95. The predicted molar refractivity (Wildman–Crippen MR) is 77.9 cm³/mol. The van der Waals surface area contributed by atoms with Crippen molar-refractivity contribution in [1.82, 2.24) is 0 Å². The Bertz CT molecular complexity index is 406. The van der Waals surface area contributed by atoms with Gasteiger partial charge in [-0.25, -0.2) is 0 Å². The number of hydrogen-bond donors (Lipinski definition) is 0. The Hall–Kier alpha value is -1.40. The van der Waals surface area contributed by atoms with Crippen molar-refractivity contribution in [2.24, 2.45) is 11.8 Å². The van der Waals surface area contributed by atoms with E-state index in [0.29, 0.717) is 19.6 Å². The third-order valence-electron chi connectivity index (χ3n) is 3.94. The van der Waals surface area contributed by atoms with Gasteiger partial charge in [0.25, 0.3) is 0 Å². The fraction of sp³-hybridized carbons (Fsp3) is 0.750. The van der Waals surface area contributed by atoms with E-state index in [2.05, 4.69) is 0 Å². The van der Waals surface area contributed by atoms with Gasteiger partial charge in [0.1, 0.15) is 0 Å². The van der Waals surface area contributed by atoms with Gasteiger partial charge < -0.3 is 18.9 Å². The van der Waals surface area contributed by atoms with Crippen LogP contribution in [-0.4, -0.2) is 44.2 Å². The second-order valence-corrected chi connectivity index (χ2v) is 5.46. The number of ether oxygens (including phenoxy) is 4. The summed E-state index contributed by atoms with van der Waals surface area (Å²) in [5.41, 5.74) is 0. The molecule has 0 bridgehead atoms. The van der Waals surface area contributed by atoms with Crippen LogP contribution in [0.5, 0.6) is 0 Å². The van der Waals surface area contributed by atoms with Crippen LogP contribution in [0.4, 0.5) is 0 Å². The first-order valence-electron chi connectivity index (χ1n) is 7.90. The van der Waals surface area contributed by atoms with Crippen molar-refractivity contribution in [2.75, 3.05) is 26.4 Å². The Kier molecular flexibility index (Phi) is 5.97. The zero-order valence-corrected chi connectivity index (χ0v) is 13.2. The van der Waals surface area contributed by atoms with Crippen LogP contribution in [-0.2, 0) is 28.5 Å².